The molecule has 3 aromatic rings. The largest absolute Gasteiger partial charge is 0.403 e. The van der Waals surface area contributed by atoms with Crippen molar-refractivity contribution in [3.8, 4) is 0 Å². The van der Waals surface area contributed by atoms with Crippen molar-refractivity contribution in [1.29, 1.82) is 0 Å². The van der Waals surface area contributed by atoms with Crippen molar-refractivity contribution in [3.63, 3.8) is 0 Å². The number of hydrogen-bond acceptors (Lipinski definition) is 5. The molecule has 1 aromatic heterocycles. The lowest BCUT2D eigenvalue weighted by atomic mass is 10.1. The van der Waals surface area contributed by atoms with Gasteiger partial charge in [0.2, 0.25) is 0 Å². The SMILES string of the molecule is C=C1N=CC(c2ccc(Br)c(F)c2)=NN1/C(=C\N)Cc1ccc2ncccc2c1. The zero-order chi connectivity index (χ0) is 20.4. The molecule has 1 aliphatic heterocycles. The van der Waals surface area contributed by atoms with Crippen LogP contribution in [0.5, 0.6) is 0 Å². The summed E-state index contributed by atoms with van der Waals surface area (Å²) in [5.74, 6) is 0.0689. The topological polar surface area (TPSA) is 66.9 Å². The van der Waals surface area contributed by atoms with Crippen LogP contribution in [-0.4, -0.2) is 21.9 Å². The van der Waals surface area contributed by atoms with Crippen molar-refractivity contribution in [1.82, 2.24) is 9.99 Å². The van der Waals surface area contributed by atoms with Crippen molar-refractivity contribution in [2.75, 3.05) is 0 Å². The second-order valence-corrected chi connectivity index (χ2v) is 7.32. The minimum absolute atomic E-state index is 0.367. The molecule has 0 unspecified atom stereocenters. The molecule has 0 spiro atoms. The number of hydrogen-bond donors (Lipinski definition) is 1. The molecule has 29 heavy (non-hydrogen) atoms. The van der Waals surface area contributed by atoms with E-state index in [1.165, 1.54) is 12.3 Å². The van der Waals surface area contributed by atoms with Gasteiger partial charge in [-0.1, -0.05) is 24.8 Å². The van der Waals surface area contributed by atoms with Crippen LogP contribution in [-0.2, 0) is 6.42 Å². The van der Waals surface area contributed by atoms with E-state index in [1.54, 1.807) is 29.6 Å². The number of nitrogens with zero attached hydrogens (tertiary/aromatic N) is 4. The molecule has 0 saturated carbocycles. The first-order valence-corrected chi connectivity index (χ1v) is 9.66. The van der Waals surface area contributed by atoms with Crippen molar-refractivity contribution in [2.24, 2.45) is 15.8 Å². The number of allylic oxidation sites excluding steroid dienone is 1. The highest BCUT2D eigenvalue weighted by molar-refractivity contribution is 9.10. The van der Waals surface area contributed by atoms with Crippen molar-refractivity contribution >= 4 is 38.8 Å². The highest BCUT2D eigenvalue weighted by atomic mass is 79.9. The summed E-state index contributed by atoms with van der Waals surface area (Å²) in [5.41, 5.74) is 9.74. The van der Waals surface area contributed by atoms with Gasteiger partial charge in [-0.2, -0.15) is 5.10 Å². The summed E-state index contributed by atoms with van der Waals surface area (Å²) in [6.45, 7) is 3.95. The van der Waals surface area contributed by atoms with Crippen LogP contribution in [0.25, 0.3) is 10.9 Å². The minimum atomic E-state index is -0.367. The molecule has 0 aliphatic carbocycles. The van der Waals surface area contributed by atoms with Crippen LogP contribution >= 0.6 is 15.9 Å². The number of halogens is 2. The minimum Gasteiger partial charge on any atom is -0.403 e. The highest BCUT2D eigenvalue weighted by Gasteiger charge is 2.18. The summed E-state index contributed by atoms with van der Waals surface area (Å²) >= 11 is 3.16. The second kappa shape index (κ2) is 7.97. The van der Waals surface area contributed by atoms with Gasteiger partial charge in [-0.05, 0) is 51.8 Å². The zero-order valence-corrected chi connectivity index (χ0v) is 17.0. The Kier molecular flexibility index (Phi) is 5.22. The van der Waals surface area contributed by atoms with Crippen LogP contribution in [0.4, 0.5) is 4.39 Å². The molecule has 0 radical (unpaired) electrons. The maximum Gasteiger partial charge on any atom is 0.146 e. The van der Waals surface area contributed by atoms with E-state index in [0.717, 1.165) is 16.5 Å². The van der Waals surface area contributed by atoms with Gasteiger partial charge in [0.05, 0.1) is 21.9 Å². The molecule has 4 rings (SSSR count). The average Bonchev–Trinajstić information content (AvgIpc) is 2.74. The molecule has 5 nitrogen and oxygen atoms in total. The monoisotopic (exact) mass is 449 g/mol. The van der Waals surface area contributed by atoms with E-state index >= 15 is 0 Å². The van der Waals surface area contributed by atoms with E-state index < -0.39 is 0 Å². The smallest absolute Gasteiger partial charge is 0.146 e. The third-order valence-corrected chi connectivity index (χ3v) is 5.16. The highest BCUT2D eigenvalue weighted by Crippen LogP contribution is 2.24. The van der Waals surface area contributed by atoms with Gasteiger partial charge in [0, 0.05) is 29.8 Å². The zero-order valence-electron chi connectivity index (χ0n) is 15.4. The lowest BCUT2D eigenvalue weighted by molar-refractivity contribution is 0.438. The summed E-state index contributed by atoms with van der Waals surface area (Å²) in [7, 11) is 0. The van der Waals surface area contributed by atoms with E-state index in [9.17, 15) is 4.39 Å². The van der Waals surface area contributed by atoms with Crippen LogP contribution in [0.2, 0.25) is 0 Å². The van der Waals surface area contributed by atoms with Gasteiger partial charge in [0.15, 0.2) is 0 Å². The molecule has 2 N–H and O–H groups in total. The number of benzene rings is 2. The Morgan fingerprint density at radius 2 is 2.07 bits per heavy atom. The summed E-state index contributed by atoms with van der Waals surface area (Å²) in [5, 5.41) is 7.23. The average molecular weight is 450 g/mol. The first-order valence-electron chi connectivity index (χ1n) is 8.87. The Labute approximate surface area is 175 Å². The molecule has 2 aromatic carbocycles. The summed E-state index contributed by atoms with van der Waals surface area (Å²) < 4.78 is 14.3. The molecule has 2 heterocycles. The molecule has 0 fully saturated rings. The first-order chi connectivity index (χ1) is 14.0. The van der Waals surface area contributed by atoms with Gasteiger partial charge >= 0.3 is 0 Å². The van der Waals surface area contributed by atoms with Gasteiger partial charge in [-0.3, -0.25) is 4.98 Å². The fourth-order valence-electron chi connectivity index (χ4n) is 3.05. The number of aromatic nitrogens is 1. The lowest BCUT2D eigenvalue weighted by Gasteiger charge is -2.25. The Morgan fingerprint density at radius 3 is 2.86 bits per heavy atom. The van der Waals surface area contributed by atoms with E-state index in [1.807, 2.05) is 24.3 Å². The summed E-state index contributed by atoms with van der Waals surface area (Å²) in [6.07, 6.45) is 5.35. The molecule has 1 aliphatic rings. The fraction of sp³-hybridized carbons (Fsp3) is 0.0455. The van der Waals surface area contributed by atoms with Crippen LogP contribution in [0.3, 0.4) is 0 Å². The standard InChI is InChI=1S/C22H17BrFN5/c1-14-27-13-22(17-5-6-19(23)20(24)11-17)28-29(14)18(12-25)10-15-4-7-21-16(9-15)3-2-8-26-21/h2-9,11-13H,1,10,25H2/b18-12-. The van der Waals surface area contributed by atoms with E-state index in [-0.39, 0.29) is 5.82 Å². The Hall–Kier alpha value is -3.32. The maximum absolute atomic E-state index is 13.9. The van der Waals surface area contributed by atoms with Gasteiger partial charge in [0.1, 0.15) is 17.3 Å². The van der Waals surface area contributed by atoms with Crippen LogP contribution in [0.1, 0.15) is 11.1 Å². The molecule has 7 heteroatoms. The number of nitrogens with two attached hydrogens (primary N) is 1. The number of fused-ring (bicyclic) bond motifs is 1. The molecule has 0 atom stereocenters. The fourth-order valence-corrected chi connectivity index (χ4v) is 3.29. The number of hydrazone groups is 1. The van der Waals surface area contributed by atoms with Gasteiger partial charge in [-0.25, -0.2) is 14.4 Å². The van der Waals surface area contributed by atoms with Gasteiger partial charge in [-0.15, -0.1) is 0 Å². The summed E-state index contributed by atoms with van der Waals surface area (Å²) in [4.78, 5) is 8.66. The van der Waals surface area contributed by atoms with Gasteiger partial charge in [0.25, 0.3) is 0 Å². The number of aliphatic imine (C=N–C) groups is 1. The predicted molar refractivity (Wildman–Crippen MR) is 118 cm³/mol. The Bertz CT molecular complexity index is 1200. The van der Waals surface area contributed by atoms with E-state index in [4.69, 9.17) is 5.73 Å². The maximum atomic E-state index is 13.9. The second-order valence-electron chi connectivity index (χ2n) is 6.47. The molecule has 144 valence electrons. The molecular weight excluding hydrogens is 433 g/mol. The Morgan fingerprint density at radius 1 is 1.21 bits per heavy atom. The van der Waals surface area contributed by atoms with Crippen LogP contribution < -0.4 is 5.73 Å². The normalized spacial score (nSPS) is 14.4. The third kappa shape index (κ3) is 3.95. The lowest BCUT2D eigenvalue weighted by Crippen LogP contribution is -2.24. The third-order valence-electron chi connectivity index (χ3n) is 4.52. The van der Waals surface area contributed by atoms with Crippen LogP contribution in [0, 0.1) is 5.82 Å². The van der Waals surface area contributed by atoms with Crippen molar-refractivity contribution in [3.05, 3.63) is 100 Å². The molecule has 0 amide bonds. The predicted octanol–water partition coefficient (Wildman–Crippen LogP) is 4.74. The quantitative estimate of drug-likeness (QED) is 0.625. The molecule has 0 saturated heterocycles. The van der Waals surface area contributed by atoms with E-state index in [0.29, 0.717) is 33.7 Å². The number of pyridine rings is 1. The Balaban J connectivity index is 1.64. The van der Waals surface area contributed by atoms with Crippen molar-refractivity contribution < 1.29 is 4.39 Å². The summed E-state index contributed by atoms with van der Waals surface area (Å²) in [6, 6.07) is 14.8. The van der Waals surface area contributed by atoms with E-state index in [2.05, 4.69) is 43.7 Å². The molecule has 0 bridgehead atoms. The van der Waals surface area contributed by atoms with Crippen molar-refractivity contribution in [2.45, 2.75) is 6.42 Å². The molecular formula is C22H17BrFN5. The number of rotatable bonds is 4. The van der Waals surface area contributed by atoms with Gasteiger partial charge < -0.3 is 5.73 Å². The van der Waals surface area contributed by atoms with Crippen LogP contribution in [0.15, 0.2) is 93.6 Å². The first kappa shape index (κ1) is 19.0.